The van der Waals surface area contributed by atoms with Crippen LogP contribution in [0.5, 0.6) is 0 Å². The third-order valence-corrected chi connectivity index (χ3v) is 1.58. The van der Waals surface area contributed by atoms with E-state index in [1.165, 1.54) is 12.8 Å². The summed E-state index contributed by atoms with van der Waals surface area (Å²) >= 11 is 0. The molecule has 2 rings (SSSR count). The monoisotopic (exact) mass is 233 g/mol. The minimum atomic E-state index is 0. The summed E-state index contributed by atoms with van der Waals surface area (Å²) in [6.45, 7) is 2.18. The number of rotatable bonds is 3. The van der Waals surface area contributed by atoms with Crippen molar-refractivity contribution in [1.82, 2.24) is 0 Å². The summed E-state index contributed by atoms with van der Waals surface area (Å²) in [5.41, 5.74) is 17.0. The van der Waals surface area contributed by atoms with E-state index in [1.807, 2.05) is 0 Å². The quantitative estimate of drug-likeness (QED) is 0.399. The Hall–Kier alpha value is -1.32. The van der Waals surface area contributed by atoms with Crippen molar-refractivity contribution in [3.63, 3.8) is 0 Å². The second-order valence-corrected chi connectivity index (χ2v) is 2.71. The fraction of sp³-hybridized carbons (Fsp3) is 0.286. The molecule has 0 aromatic carbocycles. The van der Waals surface area contributed by atoms with Crippen molar-refractivity contribution in [2.24, 2.45) is 0 Å². The third-order valence-electron chi connectivity index (χ3n) is 1.58. The van der Waals surface area contributed by atoms with Gasteiger partial charge < -0.3 is 0 Å². The third kappa shape index (κ3) is 6.71. The van der Waals surface area contributed by atoms with Crippen LogP contribution in [0.25, 0.3) is 0 Å². The summed E-state index contributed by atoms with van der Waals surface area (Å²) in [5, 5.41) is 0. The topological polar surface area (TPSA) is 0 Å². The SMILES string of the molecule is CCCCC1=C=C=C=[C-]1.[C]1=C=C=C=[C-]1.[Fe+2]. The minimum absolute atomic E-state index is 0. The molecule has 0 bridgehead atoms. The van der Waals surface area contributed by atoms with Gasteiger partial charge in [0.25, 0.3) is 0 Å². The molecule has 2 aliphatic rings. The van der Waals surface area contributed by atoms with E-state index >= 15 is 0 Å². The van der Waals surface area contributed by atoms with Crippen LogP contribution >= 0.6 is 0 Å². The van der Waals surface area contributed by atoms with Crippen LogP contribution in [-0.2, 0) is 17.1 Å². The van der Waals surface area contributed by atoms with Gasteiger partial charge in [0.1, 0.15) is 0 Å². The number of unbranched alkanes of at least 4 members (excludes halogenated alkanes) is 1. The molecule has 0 amide bonds. The van der Waals surface area contributed by atoms with Gasteiger partial charge in [-0.2, -0.15) is 0 Å². The summed E-state index contributed by atoms with van der Waals surface area (Å²) in [4.78, 5) is 0. The molecule has 73 valence electrons. The van der Waals surface area contributed by atoms with Crippen LogP contribution < -0.4 is 0 Å². The number of allylic oxidation sites excluding steroid dienone is 4. The van der Waals surface area contributed by atoms with E-state index < -0.39 is 0 Å². The second kappa shape index (κ2) is 9.24. The Balaban J connectivity index is 0.000000280. The minimum Gasteiger partial charge on any atom is -0.291 e. The van der Waals surface area contributed by atoms with Crippen LogP contribution in [0.15, 0.2) is 40.0 Å². The molecule has 0 unspecified atom stereocenters. The molecule has 0 atom stereocenters. The predicted molar refractivity (Wildman–Crippen MR) is 53.8 cm³/mol. The molecule has 0 heterocycles. The molecule has 0 aromatic rings. The zero-order chi connectivity index (χ0) is 10.1. The van der Waals surface area contributed by atoms with Crippen LogP contribution in [-0.4, -0.2) is 0 Å². The molecule has 0 fully saturated rings. The molecule has 1 heteroatoms. The van der Waals surface area contributed by atoms with Crippen LogP contribution in [0.1, 0.15) is 26.2 Å². The van der Waals surface area contributed by atoms with E-state index in [4.69, 9.17) is 0 Å². The van der Waals surface area contributed by atoms with E-state index in [9.17, 15) is 0 Å². The molecular weight excluding hydrogens is 224 g/mol. The molecule has 1 radical (unpaired) electrons. The summed E-state index contributed by atoms with van der Waals surface area (Å²) in [6.07, 6.45) is 11.5. The van der Waals surface area contributed by atoms with Gasteiger partial charge in [-0.3, -0.25) is 22.9 Å². The Morgan fingerprint density at radius 1 is 1.13 bits per heavy atom. The maximum atomic E-state index is 2.94. The van der Waals surface area contributed by atoms with Crippen molar-refractivity contribution in [3.05, 3.63) is 58.2 Å². The van der Waals surface area contributed by atoms with Crippen LogP contribution in [0.2, 0.25) is 0 Å². The average molecular weight is 233 g/mol. The molecule has 0 spiro atoms. The Bertz CT molecular complexity index is 439. The van der Waals surface area contributed by atoms with Gasteiger partial charge >= 0.3 is 17.1 Å². The zero-order valence-electron chi connectivity index (χ0n) is 8.47. The number of hydrogen-bond donors (Lipinski definition) is 0. The first-order valence-electron chi connectivity index (χ1n) is 4.56. The maximum Gasteiger partial charge on any atom is 2.00 e. The van der Waals surface area contributed by atoms with Crippen LogP contribution in [0.4, 0.5) is 0 Å². The average Bonchev–Trinajstić information content (AvgIpc) is 2.90. The van der Waals surface area contributed by atoms with Gasteiger partial charge in [0.05, 0.1) is 0 Å². The molecule has 0 N–H and O–H groups in total. The first-order chi connectivity index (χ1) is 6.93. The van der Waals surface area contributed by atoms with Crippen LogP contribution in [0.3, 0.4) is 0 Å². The van der Waals surface area contributed by atoms with Gasteiger partial charge in [-0.05, 0) is 6.42 Å². The van der Waals surface area contributed by atoms with Crippen molar-refractivity contribution in [1.29, 1.82) is 0 Å². The van der Waals surface area contributed by atoms with Gasteiger partial charge in [0.15, 0.2) is 0 Å². The summed E-state index contributed by atoms with van der Waals surface area (Å²) in [5.74, 6) is 0. The molecule has 0 saturated carbocycles. The number of hydrogen-bond acceptors (Lipinski definition) is 0. The Labute approximate surface area is 102 Å². The van der Waals surface area contributed by atoms with Crippen LogP contribution in [0, 0.1) is 18.2 Å². The molecule has 15 heavy (non-hydrogen) atoms. The fourth-order valence-electron chi connectivity index (χ4n) is 0.879. The normalized spacial score (nSPS) is 11.4. The molecular formula is C14H9Fe. The smallest absolute Gasteiger partial charge is 0.291 e. The zero-order valence-corrected chi connectivity index (χ0v) is 9.58. The Morgan fingerprint density at radius 2 is 2.00 bits per heavy atom. The molecule has 2 aliphatic carbocycles. The van der Waals surface area contributed by atoms with Gasteiger partial charge in [-0.25, -0.2) is 11.5 Å². The largest absolute Gasteiger partial charge is 2.00 e. The van der Waals surface area contributed by atoms with E-state index in [1.54, 1.807) is 0 Å². The fourth-order valence-corrected chi connectivity index (χ4v) is 0.879. The van der Waals surface area contributed by atoms with Crippen molar-refractivity contribution < 1.29 is 17.1 Å². The van der Waals surface area contributed by atoms with Crippen molar-refractivity contribution in [2.45, 2.75) is 26.2 Å². The molecule has 0 nitrogen and oxygen atoms in total. The standard InChI is InChI=1S/C9H9.C5.Fe/c1-2-3-6-9-7-4-5-8-9;1-2-4-5-3-1;/h2-3,6H2,1H3;;/q2*-1;+2. The van der Waals surface area contributed by atoms with E-state index in [0.29, 0.717) is 0 Å². The van der Waals surface area contributed by atoms with E-state index in [-0.39, 0.29) is 17.1 Å². The first kappa shape index (κ1) is 13.7. The van der Waals surface area contributed by atoms with Gasteiger partial charge in [-0.15, -0.1) is 23.8 Å². The Kier molecular flexibility index (Phi) is 8.43. The second-order valence-electron chi connectivity index (χ2n) is 2.71. The predicted octanol–water partition coefficient (Wildman–Crippen LogP) is 3.01. The van der Waals surface area contributed by atoms with Gasteiger partial charge in [0, 0.05) is 0 Å². The van der Waals surface area contributed by atoms with E-state index in [0.717, 1.165) is 12.0 Å². The summed E-state index contributed by atoms with van der Waals surface area (Å²) < 4.78 is 0. The van der Waals surface area contributed by atoms with Crippen molar-refractivity contribution in [3.8, 4) is 0 Å². The van der Waals surface area contributed by atoms with Gasteiger partial charge in [-0.1, -0.05) is 19.8 Å². The summed E-state index contributed by atoms with van der Waals surface area (Å²) in [7, 11) is 0. The molecule has 0 aliphatic heterocycles. The van der Waals surface area contributed by atoms with E-state index in [2.05, 4.69) is 59.5 Å². The maximum absolute atomic E-state index is 2.94. The molecule has 0 saturated heterocycles. The van der Waals surface area contributed by atoms with Crippen molar-refractivity contribution in [2.75, 3.05) is 0 Å². The summed E-state index contributed by atoms with van der Waals surface area (Å²) in [6, 6.07) is 0. The van der Waals surface area contributed by atoms with Crippen molar-refractivity contribution >= 4 is 0 Å². The first-order valence-corrected chi connectivity index (χ1v) is 4.56. The Morgan fingerprint density at radius 3 is 2.40 bits per heavy atom. The molecule has 0 aromatic heterocycles. The van der Waals surface area contributed by atoms with Gasteiger partial charge in [0.2, 0.25) is 0 Å².